The lowest BCUT2D eigenvalue weighted by molar-refractivity contribution is -0.149. The molecule has 3 aliphatic heterocycles. The lowest BCUT2D eigenvalue weighted by Gasteiger charge is -2.56. The van der Waals surface area contributed by atoms with E-state index in [1.807, 2.05) is 6.92 Å². The van der Waals surface area contributed by atoms with Gasteiger partial charge in [-0.1, -0.05) is 6.42 Å². The monoisotopic (exact) mass is 387 g/mol. The zero-order valence-electron chi connectivity index (χ0n) is 16.5. The first-order chi connectivity index (χ1) is 13.6. The Morgan fingerprint density at radius 2 is 2.04 bits per heavy atom. The van der Waals surface area contributed by atoms with E-state index in [1.54, 1.807) is 0 Å². The second-order valence-electron chi connectivity index (χ2n) is 8.98. The highest BCUT2D eigenvalue weighted by atomic mass is 16.5. The third-order valence-electron chi connectivity index (χ3n) is 7.26. The Kier molecular flexibility index (Phi) is 4.51. The SMILES string of the molecule is Cc1nc(N2C[C@H]3C[C@@H](C2)[C@H](CNC(=O)C2CCC2)N2C(=O)CCC[C@@H]32)no1. The van der Waals surface area contributed by atoms with E-state index in [2.05, 4.69) is 25.3 Å². The van der Waals surface area contributed by atoms with Crippen molar-refractivity contribution >= 4 is 17.8 Å². The molecular weight excluding hydrogens is 358 g/mol. The minimum atomic E-state index is 0.0638. The van der Waals surface area contributed by atoms with E-state index in [4.69, 9.17) is 4.52 Å². The zero-order chi connectivity index (χ0) is 19.3. The fourth-order valence-electron chi connectivity index (χ4n) is 5.64. The molecule has 0 unspecified atom stereocenters. The molecule has 3 saturated heterocycles. The maximum atomic E-state index is 12.8. The summed E-state index contributed by atoms with van der Waals surface area (Å²) in [6, 6.07) is 0.327. The molecule has 4 fully saturated rings. The minimum absolute atomic E-state index is 0.0638. The Labute approximate surface area is 165 Å². The number of hydrogen-bond donors (Lipinski definition) is 1. The number of nitrogens with zero attached hydrogens (tertiary/aromatic N) is 4. The summed E-state index contributed by atoms with van der Waals surface area (Å²) in [5.41, 5.74) is 0. The van der Waals surface area contributed by atoms with Crippen LogP contribution in [-0.2, 0) is 9.59 Å². The predicted molar refractivity (Wildman–Crippen MR) is 101 cm³/mol. The Hall–Kier alpha value is -2.12. The molecule has 28 heavy (non-hydrogen) atoms. The highest BCUT2D eigenvalue weighted by Gasteiger charge is 2.50. The number of carbonyl (C=O) groups excluding carboxylic acids is 2. The first kappa shape index (κ1) is 17.9. The van der Waals surface area contributed by atoms with E-state index < -0.39 is 0 Å². The van der Waals surface area contributed by atoms with Crippen LogP contribution in [0.3, 0.4) is 0 Å². The van der Waals surface area contributed by atoms with Crippen LogP contribution in [-0.4, -0.2) is 58.6 Å². The molecule has 1 aromatic rings. The van der Waals surface area contributed by atoms with Gasteiger partial charge in [0.05, 0.1) is 6.04 Å². The van der Waals surface area contributed by atoms with Gasteiger partial charge in [0, 0.05) is 44.9 Å². The number of fused-ring (bicyclic) bond motifs is 4. The summed E-state index contributed by atoms with van der Waals surface area (Å²) in [6.07, 6.45) is 6.90. The molecule has 4 atom stereocenters. The zero-order valence-corrected chi connectivity index (χ0v) is 16.5. The largest absolute Gasteiger partial charge is 0.354 e. The molecule has 0 aromatic carbocycles. The summed E-state index contributed by atoms with van der Waals surface area (Å²) >= 11 is 0. The van der Waals surface area contributed by atoms with Gasteiger partial charge in [-0.05, 0) is 49.1 Å². The minimum Gasteiger partial charge on any atom is -0.354 e. The van der Waals surface area contributed by atoms with E-state index >= 15 is 0 Å². The molecule has 2 bridgehead atoms. The van der Waals surface area contributed by atoms with E-state index in [0.717, 1.165) is 51.6 Å². The van der Waals surface area contributed by atoms with Crippen molar-refractivity contribution in [3.8, 4) is 0 Å². The van der Waals surface area contributed by atoms with Crippen LogP contribution >= 0.6 is 0 Å². The summed E-state index contributed by atoms with van der Waals surface area (Å²) < 4.78 is 5.19. The van der Waals surface area contributed by atoms with Gasteiger partial charge in [-0.15, -0.1) is 0 Å². The van der Waals surface area contributed by atoms with Crippen molar-refractivity contribution in [2.45, 2.75) is 64.0 Å². The maximum absolute atomic E-state index is 12.8. The molecule has 1 saturated carbocycles. The third-order valence-corrected chi connectivity index (χ3v) is 7.26. The van der Waals surface area contributed by atoms with Gasteiger partial charge in [0.2, 0.25) is 17.7 Å². The van der Waals surface area contributed by atoms with Crippen LogP contribution in [0.1, 0.15) is 50.8 Å². The number of aryl methyl sites for hydroxylation is 1. The van der Waals surface area contributed by atoms with Gasteiger partial charge >= 0.3 is 0 Å². The number of nitrogens with one attached hydrogen (secondary N) is 1. The van der Waals surface area contributed by atoms with E-state index in [1.165, 1.54) is 0 Å². The molecule has 1 aliphatic carbocycles. The normalized spacial score (nSPS) is 32.7. The molecular formula is C20H29N5O3. The van der Waals surface area contributed by atoms with Crippen LogP contribution in [0.15, 0.2) is 4.52 Å². The second-order valence-corrected chi connectivity index (χ2v) is 8.98. The maximum Gasteiger partial charge on any atom is 0.266 e. The third kappa shape index (κ3) is 3.06. The van der Waals surface area contributed by atoms with Gasteiger partial charge in [-0.25, -0.2) is 0 Å². The van der Waals surface area contributed by atoms with Crippen LogP contribution in [0.25, 0.3) is 0 Å². The van der Waals surface area contributed by atoms with Gasteiger partial charge in [0.15, 0.2) is 0 Å². The number of piperidine rings is 3. The number of hydrogen-bond acceptors (Lipinski definition) is 6. The van der Waals surface area contributed by atoms with Crippen LogP contribution in [0.5, 0.6) is 0 Å². The molecule has 152 valence electrons. The first-order valence-electron chi connectivity index (χ1n) is 10.7. The molecule has 2 amide bonds. The average molecular weight is 387 g/mol. The van der Waals surface area contributed by atoms with Crippen molar-refractivity contribution in [1.82, 2.24) is 20.4 Å². The van der Waals surface area contributed by atoms with Crippen molar-refractivity contribution in [2.24, 2.45) is 17.8 Å². The van der Waals surface area contributed by atoms with Crippen molar-refractivity contribution < 1.29 is 14.1 Å². The van der Waals surface area contributed by atoms with Gasteiger partial charge < -0.3 is 19.6 Å². The molecule has 8 heteroatoms. The van der Waals surface area contributed by atoms with E-state index in [9.17, 15) is 9.59 Å². The number of amides is 2. The molecule has 0 radical (unpaired) electrons. The predicted octanol–water partition coefficient (Wildman–Crippen LogP) is 1.50. The summed E-state index contributed by atoms with van der Waals surface area (Å²) in [7, 11) is 0. The number of carbonyl (C=O) groups is 2. The molecule has 4 heterocycles. The summed E-state index contributed by atoms with van der Waals surface area (Å²) in [4.78, 5) is 34.0. The number of aromatic nitrogens is 2. The number of rotatable bonds is 4. The quantitative estimate of drug-likeness (QED) is 0.842. The molecule has 0 spiro atoms. The second kappa shape index (κ2) is 7.04. The lowest BCUT2D eigenvalue weighted by atomic mass is 9.72. The molecule has 5 rings (SSSR count). The fourth-order valence-corrected chi connectivity index (χ4v) is 5.64. The van der Waals surface area contributed by atoms with Gasteiger partial charge in [0.1, 0.15) is 0 Å². The Morgan fingerprint density at radius 3 is 2.75 bits per heavy atom. The van der Waals surface area contributed by atoms with Crippen LogP contribution in [0.2, 0.25) is 0 Å². The Morgan fingerprint density at radius 1 is 1.21 bits per heavy atom. The highest BCUT2D eigenvalue weighted by Crippen LogP contribution is 2.42. The molecule has 1 N–H and O–H groups in total. The van der Waals surface area contributed by atoms with Gasteiger partial charge in [-0.3, -0.25) is 9.59 Å². The van der Waals surface area contributed by atoms with Crippen molar-refractivity contribution in [2.75, 3.05) is 24.5 Å². The van der Waals surface area contributed by atoms with Crippen molar-refractivity contribution in [1.29, 1.82) is 0 Å². The standard InChI is InChI=1S/C20H29N5O3/c1-12-22-20(23-28-12)24-10-14-8-15(11-24)17(9-21-19(27)13-4-2-5-13)25-16(14)6-3-7-18(25)26/h13-17H,2-11H2,1H3,(H,21,27)/t14-,15+,16+,17+/m1/s1. The van der Waals surface area contributed by atoms with Crippen molar-refractivity contribution in [3.05, 3.63) is 5.89 Å². The van der Waals surface area contributed by atoms with Gasteiger partial charge in [0.25, 0.3) is 5.95 Å². The summed E-state index contributed by atoms with van der Waals surface area (Å²) in [5.74, 6) is 2.57. The van der Waals surface area contributed by atoms with Crippen molar-refractivity contribution in [3.63, 3.8) is 0 Å². The lowest BCUT2D eigenvalue weighted by Crippen LogP contribution is -2.67. The Bertz CT molecular complexity index is 761. The Balaban J connectivity index is 1.36. The number of anilines is 1. The fraction of sp³-hybridized carbons (Fsp3) is 0.800. The summed E-state index contributed by atoms with van der Waals surface area (Å²) in [5, 5.41) is 7.29. The first-order valence-corrected chi connectivity index (χ1v) is 10.7. The van der Waals surface area contributed by atoms with E-state index in [-0.39, 0.29) is 29.8 Å². The van der Waals surface area contributed by atoms with Crippen LogP contribution in [0.4, 0.5) is 5.95 Å². The van der Waals surface area contributed by atoms with Gasteiger partial charge in [-0.2, -0.15) is 4.98 Å². The highest BCUT2D eigenvalue weighted by molar-refractivity contribution is 5.80. The molecule has 8 nitrogen and oxygen atoms in total. The summed E-state index contributed by atoms with van der Waals surface area (Å²) in [6.45, 7) is 4.04. The molecule has 1 aromatic heterocycles. The van der Waals surface area contributed by atoms with Crippen LogP contribution in [0, 0.1) is 24.7 Å². The smallest absolute Gasteiger partial charge is 0.266 e. The topological polar surface area (TPSA) is 91.6 Å². The average Bonchev–Trinajstić information content (AvgIpc) is 3.07. The van der Waals surface area contributed by atoms with Crippen LogP contribution < -0.4 is 10.2 Å². The van der Waals surface area contributed by atoms with E-state index in [0.29, 0.717) is 36.6 Å². The molecule has 4 aliphatic rings.